The van der Waals surface area contributed by atoms with Gasteiger partial charge in [0.15, 0.2) is 5.78 Å². The fourth-order valence-corrected chi connectivity index (χ4v) is 3.49. The molecule has 0 fully saturated rings. The third kappa shape index (κ3) is 3.96. The van der Waals surface area contributed by atoms with Crippen LogP contribution < -0.4 is 0 Å². The Hall–Kier alpha value is -3.00. The Balaban J connectivity index is 1.74. The zero-order valence-corrected chi connectivity index (χ0v) is 16.8. The number of non-ortho nitro benzene ring substituents is 1. The zero-order valence-electron chi connectivity index (χ0n) is 16.0. The maximum Gasteiger partial charge on any atom is 0.277 e. The number of carbonyl (C=O) groups excluding carboxylic acids is 1. The van der Waals surface area contributed by atoms with Gasteiger partial charge in [-0.3, -0.25) is 14.9 Å². The first-order valence-corrected chi connectivity index (χ1v) is 9.58. The summed E-state index contributed by atoms with van der Waals surface area (Å²) in [6, 6.07) is 7.89. The summed E-state index contributed by atoms with van der Waals surface area (Å²) in [5, 5.41) is 19.0. The highest BCUT2D eigenvalue weighted by atomic mass is 32.2. The van der Waals surface area contributed by atoms with Crippen LogP contribution in [0.1, 0.15) is 32.6 Å². The molecule has 28 heavy (non-hydrogen) atoms. The molecular formula is C20H19N3O4S. The second-order valence-corrected chi connectivity index (χ2v) is 7.44. The average molecular weight is 397 g/mol. The lowest BCUT2D eigenvalue weighted by Crippen LogP contribution is -2.08. The SMILES string of the molecule is Cc1cc(C(=O)CSc2nnc(-c3cccc([N+](=O)[O-])c3)o2)c(C)c(C)c1C. The Bertz CT molecular complexity index is 1080. The summed E-state index contributed by atoms with van der Waals surface area (Å²) in [4.78, 5) is 23.1. The minimum atomic E-state index is -0.484. The van der Waals surface area contributed by atoms with Crippen molar-refractivity contribution in [2.45, 2.75) is 32.9 Å². The number of aryl methyl sites for hydroxylation is 1. The van der Waals surface area contributed by atoms with E-state index in [1.807, 2.05) is 26.8 Å². The smallest absolute Gasteiger partial charge is 0.277 e. The number of carbonyl (C=O) groups is 1. The Morgan fingerprint density at radius 1 is 1.11 bits per heavy atom. The Morgan fingerprint density at radius 3 is 2.57 bits per heavy atom. The maximum atomic E-state index is 12.7. The van der Waals surface area contributed by atoms with Crippen LogP contribution in [0.5, 0.6) is 0 Å². The second kappa shape index (κ2) is 7.93. The van der Waals surface area contributed by atoms with E-state index in [0.717, 1.165) is 28.5 Å². The summed E-state index contributed by atoms with van der Waals surface area (Å²) in [6.07, 6.45) is 0. The van der Waals surface area contributed by atoms with Crippen molar-refractivity contribution >= 4 is 23.2 Å². The van der Waals surface area contributed by atoms with Gasteiger partial charge in [-0.15, -0.1) is 10.2 Å². The zero-order chi connectivity index (χ0) is 20.4. The van der Waals surface area contributed by atoms with E-state index in [1.165, 1.54) is 17.7 Å². The molecule has 0 radical (unpaired) electrons. The van der Waals surface area contributed by atoms with E-state index >= 15 is 0 Å². The van der Waals surface area contributed by atoms with E-state index in [2.05, 4.69) is 17.1 Å². The lowest BCUT2D eigenvalue weighted by Gasteiger charge is -2.13. The van der Waals surface area contributed by atoms with Crippen molar-refractivity contribution in [3.05, 3.63) is 68.3 Å². The molecule has 0 saturated heterocycles. The standard InChI is InChI=1S/C20H19N3O4S/c1-11-8-17(14(4)13(3)12(11)2)18(24)10-28-20-22-21-19(27-20)15-6-5-7-16(9-15)23(25)26/h5-9H,10H2,1-4H3. The van der Waals surface area contributed by atoms with Gasteiger partial charge in [0, 0.05) is 23.3 Å². The number of Topliss-reactive ketones (excluding diaryl/α,β-unsaturated/α-hetero) is 1. The molecule has 144 valence electrons. The summed E-state index contributed by atoms with van der Waals surface area (Å²) >= 11 is 1.15. The highest BCUT2D eigenvalue weighted by molar-refractivity contribution is 7.99. The molecule has 0 unspecified atom stereocenters. The van der Waals surface area contributed by atoms with Crippen LogP contribution in [0, 0.1) is 37.8 Å². The van der Waals surface area contributed by atoms with Crippen LogP contribution in [0.25, 0.3) is 11.5 Å². The van der Waals surface area contributed by atoms with Crippen LogP contribution in [-0.4, -0.2) is 26.7 Å². The van der Waals surface area contributed by atoms with Crippen LogP contribution >= 0.6 is 11.8 Å². The third-order valence-corrected chi connectivity index (χ3v) is 5.64. The molecule has 7 nitrogen and oxygen atoms in total. The van der Waals surface area contributed by atoms with Crippen molar-refractivity contribution in [2.24, 2.45) is 0 Å². The Morgan fingerprint density at radius 2 is 1.86 bits per heavy atom. The van der Waals surface area contributed by atoms with E-state index in [0.29, 0.717) is 11.1 Å². The first-order chi connectivity index (χ1) is 13.3. The molecule has 1 heterocycles. The molecule has 0 spiro atoms. The van der Waals surface area contributed by atoms with E-state index in [9.17, 15) is 14.9 Å². The quantitative estimate of drug-likeness (QED) is 0.254. The monoisotopic (exact) mass is 397 g/mol. The molecule has 0 N–H and O–H groups in total. The van der Waals surface area contributed by atoms with E-state index in [-0.39, 0.29) is 28.3 Å². The van der Waals surface area contributed by atoms with Crippen molar-refractivity contribution in [1.82, 2.24) is 10.2 Å². The number of rotatable bonds is 6. The van der Waals surface area contributed by atoms with E-state index in [4.69, 9.17) is 4.42 Å². The molecule has 3 rings (SSSR count). The van der Waals surface area contributed by atoms with Crippen LogP contribution in [0.15, 0.2) is 40.0 Å². The number of aromatic nitrogens is 2. The maximum absolute atomic E-state index is 12.7. The highest BCUT2D eigenvalue weighted by Crippen LogP contribution is 2.27. The van der Waals surface area contributed by atoms with Gasteiger partial charge >= 0.3 is 0 Å². The summed E-state index contributed by atoms with van der Waals surface area (Å²) in [5.41, 5.74) is 5.49. The normalized spacial score (nSPS) is 10.9. The van der Waals surface area contributed by atoms with Gasteiger partial charge in [0.1, 0.15) is 0 Å². The number of nitrogens with zero attached hydrogens (tertiary/aromatic N) is 3. The third-order valence-electron chi connectivity index (χ3n) is 4.82. The minimum Gasteiger partial charge on any atom is -0.411 e. The lowest BCUT2D eigenvalue weighted by atomic mass is 9.93. The van der Waals surface area contributed by atoms with Crippen molar-refractivity contribution in [3.8, 4) is 11.5 Å². The van der Waals surface area contributed by atoms with E-state index < -0.39 is 4.92 Å². The van der Waals surface area contributed by atoms with Gasteiger partial charge in [-0.2, -0.15) is 0 Å². The number of nitro benzene ring substituents is 1. The van der Waals surface area contributed by atoms with Crippen LogP contribution in [0.2, 0.25) is 0 Å². The van der Waals surface area contributed by atoms with Crippen LogP contribution in [-0.2, 0) is 0 Å². The topological polar surface area (TPSA) is 99.1 Å². The molecule has 0 bridgehead atoms. The number of hydrogen-bond donors (Lipinski definition) is 0. The van der Waals surface area contributed by atoms with Gasteiger partial charge in [0.25, 0.3) is 10.9 Å². The largest absolute Gasteiger partial charge is 0.411 e. The average Bonchev–Trinajstić information content (AvgIpc) is 3.16. The molecule has 2 aromatic carbocycles. The van der Waals surface area contributed by atoms with Crippen molar-refractivity contribution in [1.29, 1.82) is 0 Å². The van der Waals surface area contributed by atoms with E-state index in [1.54, 1.807) is 12.1 Å². The molecule has 0 saturated carbocycles. The number of benzene rings is 2. The van der Waals surface area contributed by atoms with Gasteiger partial charge < -0.3 is 4.42 Å². The summed E-state index contributed by atoms with van der Waals surface area (Å²) < 4.78 is 5.55. The fraction of sp³-hybridized carbons (Fsp3) is 0.250. The predicted molar refractivity (Wildman–Crippen MR) is 107 cm³/mol. The molecule has 0 aliphatic rings. The molecule has 0 aliphatic heterocycles. The molecule has 1 aromatic heterocycles. The summed E-state index contributed by atoms with van der Waals surface area (Å²) in [7, 11) is 0. The predicted octanol–water partition coefficient (Wildman–Crippen LogP) is 4.85. The molecule has 3 aromatic rings. The molecule has 0 amide bonds. The number of nitro groups is 1. The number of ketones is 1. The van der Waals surface area contributed by atoms with Crippen LogP contribution in [0.4, 0.5) is 5.69 Å². The Kier molecular flexibility index (Phi) is 5.60. The fourth-order valence-electron chi connectivity index (χ4n) is 2.84. The summed E-state index contributed by atoms with van der Waals surface area (Å²) in [6.45, 7) is 8.02. The lowest BCUT2D eigenvalue weighted by molar-refractivity contribution is -0.384. The van der Waals surface area contributed by atoms with Gasteiger partial charge in [0.2, 0.25) is 5.89 Å². The molecular weight excluding hydrogens is 378 g/mol. The second-order valence-electron chi connectivity index (χ2n) is 6.51. The number of thioether (sulfide) groups is 1. The highest BCUT2D eigenvalue weighted by Gasteiger charge is 2.17. The minimum absolute atomic E-state index is 0.0104. The van der Waals surface area contributed by atoms with Gasteiger partial charge in [-0.25, -0.2) is 0 Å². The van der Waals surface area contributed by atoms with Crippen molar-refractivity contribution in [2.75, 3.05) is 5.75 Å². The molecule has 0 atom stereocenters. The number of hydrogen-bond acceptors (Lipinski definition) is 7. The molecule has 8 heteroatoms. The van der Waals surface area contributed by atoms with Gasteiger partial charge in [-0.05, 0) is 62.1 Å². The van der Waals surface area contributed by atoms with Crippen molar-refractivity contribution < 1.29 is 14.1 Å². The Labute approximate surface area is 166 Å². The first-order valence-electron chi connectivity index (χ1n) is 8.59. The van der Waals surface area contributed by atoms with Gasteiger partial charge in [-0.1, -0.05) is 17.8 Å². The van der Waals surface area contributed by atoms with Crippen LogP contribution in [0.3, 0.4) is 0 Å². The van der Waals surface area contributed by atoms with Gasteiger partial charge in [0.05, 0.1) is 10.7 Å². The van der Waals surface area contributed by atoms with Crippen molar-refractivity contribution in [3.63, 3.8) is 0 Å². The first kappa shape index (κ1) is 19.8. The molecule has 0 aliphatic carbocycles. The summed E-state index contributed by atoms with van der Waals surface area (Å²) in [5.74, 6) is 0.333.